The van der Waals surface area contributed by atoms with Crippen LogP contribution in [0.3, 0.4) is 0 Å². The molecule has 8 nitrogen and oxygen atoms in total. The first-order chi connectivity index (χ1) is 20.1. The van der Waals surface area contributed by atoms with E-state index in [0.29, 0.717) is 17.8 Å². The van der Waals surface area contributed by atoms with Crippen LogP contribution < -0.4 is 0 Å². The van der Waals surface area contributed by atoms with Gasteiger partial charge in [0.15, 0.2) is 12.1 Å². The fourth-order valence-corrected chi connectivity index (χ4v) is 13.8. The molecule has 0 aromatic rings. The summed E-state index contributed by atoms with van der Waals surface area (Å²) in [5, 5.41) is 43.4. The molecule has 8 heteroatoms. The second-order valence-corrected chi connectivity index (χ2v) is 17.5. The van der Waals surface area contributed by atoms with E-state index >= 15 is 0 Å². The van der Waals surface area contributed by atoms with Gasteiger partial charge in [0.05, 0.1) is 18.8 Å². The monoisotopic (exact) mass is 602 g/mol. The van der Waals surface area contributed by atoms with Crippen LogP contribution in [0.25, 0.3) is 0 Å². The Kier molecular flexibility index (Phi) is 6.14. The van der Waals surface area contributed by atoms with Gasteiger partial charge in [0.25, 0.3) is 0 Å². The van der Waals surface area contributed by atoms with Gasteiger partial charge in [0, 0.05) is 11.3 Å². The van der Waals surface area contributed by atoms with Crippen molar-refractivity contribution < 1.29 is 39.4 Å². The van der Waals surface area contributed by atoms with E-state index in [4.69, 9.17) is 18.9 Å². The van der Waals surface area contributed by atoms with Gasteiger partial charge in [-0.2, -0.15) is 0 Å². The van der Waals surface area contributed by atoms with Gasteiger partial charge >= 0.3 is 0 Å². The van der Waals surface area contributed by atoms with Gasteiger partial charge in [0.2, 0.25) is 0 Å². The first kappa shape index (κ1) is 29.8. The van der Waals surface area contributed by atoms with Crippen molar-refractivity contribution in [2.24, 2.45) is 50.7 Å². The quantitative estimate of drug-likeness (QED) is 0.284. The fraction of sp³-hybridized carbons (Fsp3) is 0.943. The Morgan fingerprint density at radius 3 is 2.30 bits per heavy atom. The molecule has 5 saturated carbocycles. The minimum atomic E-state index is -1.27. The lowest BCUT2D eigenvalue weighted by molar-refractivity contribution is -0.303. The van der Waals surface area contributed by atoms with Gasteiger partial charge < -0.3 is 39.4 Å². The van der Waals surface area contributed by atoms with E-state index < -0.39 is 36.5 Å². The van der Waals surface area contributed by atoms with Crippen molar-refractivity contribution in [3.63, 3.8) is 0 Å². The van der Waals surface area contributed by atoms with Crippen LogP contribution >= 0.6 is 0 Å². The lowest BCUT2D eigenvalue weighted by Gasteiger charge is -2.63. The van der Waals surface area contributed by atoms with Gasteiger partial charge in [-0.05, 0) is 103 Å². The summed E-state index contributed by atoms with van der Waals surface area (Å²) < 4.78 is 25.9. The number of fused-ring (bicyclic) bond motifs is 4. The number of hydrogen-bond acceptors (Lipinski definition) is 8. The van der Waals surface area contributed by atoms with E-state index in [9.17, 15) is 20.4 Å². The molecule has 0 unspecified atom stereocenters. The Bertz CT molecular complexity index is 1210. The highest BCUT2D eigenvalue weighted by Crippen LogP contribution is 2.90. The fourth-order valence-electron chi connectivity index (χ4n) is 13.8. The van der Waals surface area contributed by atoms with Gasteiger partial charge in [-0.15, -0.1) is 0 Å². The van der Waals surface area contributed by atoms with Crippen LogP contribution in [0.1, 0.15) is 92.9 Å². The van der Waals surface area contributed by atoms with Crippen LogP contribution in [-0.4, -0.2) is 81.8 Å². The summed E-state index contributed by atoms with van der Waals surface area (Å²) in [5.74, 6) is 0.477. The molecule has 0 amide bonds. The van der Waals surface area contributed by atoms with E-state index in [1.54, 1.807) is 0 Å². The molecular formula is C35H54O8. The third-order valence-electron chi connectivity index (χ3n) is 15.7. The predicted octanol–water partition coefficient (Wildman–Crippen LogP) is 3.93. The molecular weight excluding hydrogens is 548 g/mol. The van der Waals surface area contributed by atoms with Crippen molar-refractivity contribution in [1.29, 1.82) is 0 Å². The summed E-state index contributed by atoms with van der Waals surface area (Å²) in [6.07, 6.45) is 2.97. The van der Waals surface area contributed by atoms with E-state index in [1.807, 2.05) is 6.92 Å². The standard InChI is InChI=1S/C35H54O8/c1-17(2)26-20-14-18(3)27-31(6)12-13-34-16-33(34)11-10-23(41-28-25(38)24(37)19(36)15-40-28)30(4,5)21(33)8-9-22(34)32(31,7)29(39)35(27,42-20)43-26/h18-29,36-39H,1,8-16H2,2-7H3/t18-,19+,20-,21+,22+,23+,24-,25+,26-,27-,28-,29-,31-,32-,33+,34-,35-/m1/s1. The van der Waals surface area contributed by atoms with Crippen molar-refractivity contribution >= 4 is 0 Å². The van der Waals surface area contributed by atoms with Crippen LogP contribution in [0.15, 0.2) is 12.2 Å². The third-order valence-corrected chi connectivity index (χ3v) is 15.7. The lowest BCUT2D eigenvalue weighted by atomic mass is 9.41. The highest BCUT2D eigenvalue weighted by Gasteiger charge is 2.88. The van der Waals surface area contributed by atoms with Gasteiger partial charge in [-0.25, -0.2) is 0 Å². The number of aliphatic hydroxyl groups excluding tert-OH is 4. The zero-order chi connectivity index (χ0) is 30.7. The van der Waals surface area contributed by atoms with Crippen LogP contribution in [0.5, 0.6) is 0 Å². The molecule has 17 atom stereocenters. The summed E-state index contributed by atoms with van der Waals surface area (Å²) in [7, 11) is 0. The minimum Gasteiger partial charge on any atom is -0.388 e. The third kappa shape index (κ3) is 3.26. The first-order valence-corrected chi connectivity index (χ1v) is 17.1. The topological polar surface area (TPSA) is 118 Å². The molecule has 3 spiro atoms. The highest BCUT2D eigenvalue weighted by atomic mass is 16.8. The maximum absolute atomic E-state index is 12.6. The van der Waals surface area contributed by atoms with Crippen molar-refractivity contribution in [1.82, 2.24) is 0 Å². The maximum atomic E-state index is 12.6. The van der Waals surface area contributed by atoms with E-state index in [2.05, 4.69) is 41.2 Å². The van der Waals surface area contributed by atoms with E-state index in [-0.39, 0.29) is 57.9 Å². The summed E-state index contributed by atoms with van der Waals surface area (Å²) in [6, 6.07) is 0. The predicted molar refractivity (Wildman–Crippen MR) is 157 cm³/mol. The SMILES string of the molecule is C=C(C)[C@H]1O[C@]23O[C@@H]1C[C@@H](C)[C@@H]2[C@@]1(C)CC[C@]24C[C@]25CC[C@H](O[C@H]2OC[C@H](O)[C@@H](O)[C@@H]2O)C(C)(C)[C@@H]5CC[C@H]4[C@]1(C)[C@H]3O. The second-order valence-electron chi connectivity index (χ2n) is 17.5. The minimum absolute atomic E-state index is 0.0326. The molecule has 3 saturated heterocycles. The molecule has 8 fully saturated rings. The van der Waals surface area contributed by atoms with Crippen molar-refractivity contribution in [2.75, 3.05) is 6.61 Å². The molecule has 2 bridgehead atoms. The molecule has 3 aliphatic heterocycles. The number of ether oxygens (including phenoxy) is 4. The van der Waals surface area contributed by atoms with E-state index in [1.165, 1.54) is 12.8 Å². The molecule has 0 aromatic heterocycles. The lowest BCUT2D eigenvalue weighted by Crippen LogP contribution is -2.61. The molecule has 0 radical (unpaired) electrons. The zero-order valence-electron chi connectivity index (χ0n) is 26.9. The number of aliphatic hydroxyl groups is 4. The van der Waals surface area contributed by atoms with Crippen LogP contribution in [0.2, 0.25) is 0 Å². The van der Waals surface area contributed by atoms with Crippen LogP contribution in [0, 0.1) is 50.7 Å². The van der Waals surface area contributed by atoms with Gasteiger partial charge in [-0.3, -0.25) is 0 Å². The van der Waals surface area contributed by atoms with Crippen molar-refractivity contribution in [3.05, 3.63) is 12.2 Å². The largest absolute Gasteiger partial charge is 0.388 e. The molecule has 43 heavy (non-hydrogen) atoms. The molecule has 242 valence electrons. The van der Waals surface area contributed by atoms with Crippen LogP contribution in [0.4, 0.5) is 0 Å². The summed E-state index contributed by atoms with van der Waals surface area (Å²) in [5.41, 5.74) is 0.877. The van der Waals surface area contributed by atoms with E-state index in [0.717, 1.165) is 44.1 Å². The average molecular weight is 603 g/mol. The first-order valence-electron chi connectivity index (χ1n) is 17.1. The Morgan fingerprint density at radius 2 is 1.58 bits per heavy atom. The Labute approximate surface area is 256 Å². The average Bonchev–Trinajstić information content (AvgIpc) is 3.46. The summed E-state index contributed by atoms with van der Waals surface area (Å²) >= 11 is 0. The Morgan fingerprint density at radius 1 is 0.884 bits per heavy atom. The zero-order valence-corrected chi connectivity index (χ0v) is 26.9. The maximum Gasteiger partial charge on any atom is 0.199 e. The second kappa shape index (κ2) is 8.85. The molecule has 4 N–H and O–H groups in total. The molecule has 5 aliphatic carbocycles. The molecule has 8 rings (SSSR count). The Hall–Kier alpha value is -0.580. The highest BCUT2D eigenvalue weighted by molar-refractivity contribution is 5.34. The summed E-state index contributed by atoms with van der Waals surface area (Å²) in [4.78, 5) is 0. The van der Waals surface area contributed by atoms with Gasteiger partial charge in [0.1, 0.15) is 30.5 Å². The van der Waals surface area contributed by atoms with Crippen molar-refractivity contribution in [3.8, 4) is 0 Å². The van der Waals surface area contributed by atoms with Crippen LogP contribution in [-0.2, 0) is 18.9 Å². The number of rotatable bonds is 3. The Balaban J connectivity index is 1.10. The van der Waals surface area contributed by atoms with Gasteiger partial charge in [-0.1, -0.05) is 41.2 Å². The molecule has 3 heterocycles. The normalized spacial score (nSPS) is 62.8. The molecule has 8 aliphatic rings. The smallest absolute Gasteiger partial charge is 0.199 e. The number of hydrogen-bond donors (Lipinski definition) is 4. The molecule has 0 aromatic carbocycles. The van der Waals surface area contributed by atoms with Crippen molar-refractivity contribution in [2.45, 2.75) is 148 Å². The summed E-state index contributed by atoms with van der Waals surface area (Å²) in [6.45, 7) is 18.1.